The van der Waals surface area contributed by atoms with Gasteiger partial charge in [-0.1, -0.05) is 0 Å². The molecule has 3 aromatic heterocycles. The fourth-order valence-electron chi connectivity index (χ4n) is 3.31. The molecule has 1 aliphatic rings. The number of hydrogen-bond acceptors (Lipinski definition) is 6. The highest BCUT2D eigenvalue weighted by atomic mass is 16.3. The highest BCUT2D eigenvalue weighted by molar-refractivity contribution is 5.94. The molecule has 4 rings (SSSR count). The summed E-state index contributed by atoms with van der Waals surface area (Å²) in [6.07, 6.45) is 3.98. The first kappa shape index (κ1) is 17.2. The van der Waals surface area contributed by atoms with Gasteiger partial charge in [0.25, 0.3) is 11.5 Å². The Bertz CT molecular complexity index is 1060. The largest absolute Gasteiger partial charge is 0.390 e. The molecule has 0 unspecified atom stereocenters. The van der Waals surface area contributed by atoms with Crippen molar-refractivity contribution >= 4 is 17.4 Å². The molecule has 0 radical (unpaired) electrons. The molecule has 0 saturated carbocycles. The average Bonchev–Trinajstić information content (AvgIpc) is 3.29. The Morgan fingerprint density at radius 1 is 1.37 bits per heavy atom. The number of rotatable bonds is 4. The zero-order valence-corrected chi connectivity index (χ0v) is 14.9. The molecular weight excluding hydrogens is 348 g/mol. The molecule has 0 bridgehead atoms. The van der Waals surface area contributed by atoms with E-state index in [0.717, 1.165) is 18.8 Å². The zero-order valence-electron chi connectivity index (χ0n) is 14.9. The first-order valence-electron chi connectivity index (χ1n) is 8.73. The molecule has 1 aliphatic heterocycles. The number of carbonyl (C=O) groups excluding carboxylic acids is 1. The predicted octanol–water partition coefficient (Wildman–Crippen LogP) is -0.0710. The lowest BCUT2D eigenvalue weighted by molar-refractivity contribution is 0.0938. The number of aromatic nitrogens is 4. The first-order valence-corrected chi connectivity index (χ1v) is 8.73. The third-order valence-electron chi connectivity index (χ3n) is 4.80. The Morgan fingerprint density at radius 3 is 3.04 bits per heavy atom. The van der Waals surface area contributed by atoms with Crippen LogP contribution >= 0.6 is 0 Å². The van der Waals surface area contributed by atoms with Gasteiger partial charge in [-0.2, -0.15) is 0 Å². The number of fused-ring (bicyclic) bond motifs is 1. The summed E-state index contributed by atoms with van der Waals surface area (Å²) in [6.45, 7) is 1.20. The minimum atomic E-state index is -0.358. The molecule has 9 nitrogen and oxygen atoms in total. The van der Waals surface area contributed by atoms with Crippen molar-refractivity contribution in [2.45, 2.75) is 19.1 Å². The van der Waals surface area contributed by atoms with Gasteiger partial charge in [0.15, 0.2) is 5.65 Å². The van der Waals surface area contributed by atoms with Gasteiger partial charge < -0.3 is 19.9 Å². The fraction of sp³-hybridized carbons (Fsp3) is 0.333. The SMILES string of the molecule is Cn1cccc(C(=O)N[C@H]2CCN(c3ccc4ncc(CO)n4n3)C2)c1=O. The van der Waals surface area contributed by atoms with Crippen molar-refractivity contribution in [3.8, 4) is 0 Å². The van der Waals surface area contributed by atoms with E-state index in [4.69, 9.17) is 0 Å². The Labute approximate surface area is 154 Å². The van der Waals surface area contributed by atoms with Crippen LogP contribution < -0.4 is 15.8 Å². The molecule has 140 valence electrons. The van der Waals surface area contributed by atoms with Gasteiger partial charge in [-0.15, -0.1) is 5.10 Å². The minimum absolute atomic E-state index is 0.0694. The number of pyridine rings is 1. The van der Waals surface area contributed by atoms with E-state index in [0.29, 0.717) is 17.9 Å². The number of aliphatic hydroxyl groups is 1. The maximum absolute atomic E-state index is 12.4. The number of hydrogen-bond donors (Lipinski definition) is 2. The van der Waals surface area contributed by atoms with Crippen LogP contribution in [0.15, 0.2) is 41.5 Å². The summed E-state index contributed by atoms with van der Waals surface area (Å²) in [4.78, 5) is 30.8. The maximum atomic E-state index is 12.4. The minimum Gasteiger partial charge on any atom is -0.390 e. The molecule has 27 heavy (non-hydrogen) atoms. The van der Waals surface area contributed by atoms with Gasteiger partial charge in [-0.3, -0.25) is 9.59 Å². The topological polar surface area (TPSA) is 105 Å². The Balaban J connectivity index is 1.48. The quantitative estimate of drug-likeness (QED) is 0.668. The third-order valence-corrected chi connectivity index (χ3v) is 4.80. The van der Waals surface area contributed by atoms with Crippen molar-refractivity contribution in [2.75, 3.05) is 18.0 Å². The molecule has 0 spiro atoms. The van der Waals surface area contributed by atoms with Crippen LogP contribution in [0.4, 0.5) is 5.82 Å². The molecule has 1 atom stereocenters. The maximum Gasteiger partial charge on any atom is 0.263 e. The molecule has 9 heteroatoms. The number of nitrogens with one attached hydrogen (secondary N) is 1. The van der Waals surface area contributed by atoms with E-state index in [-0.39, 0.29) is 29.7 Å². The molecule has 2 N–H and O–H groups in total. The number of amides is 1. The average molecular weight is 368 g/mol. The van der Waals surface area contributed by atoms with E-state index in [2.05, 4.69) is 20.3 Å². The van der Waals surface area contributed by atoms with E-state index in [1.807, 2.05) is 12.1 Å². The van der Waals surface area contributed by atoms with Gasteiger partial charge in [-0.25, -0.2) is 9.50 Å². The second-order valence-electron chi connectivity index (χ2n) is 6.61. The molecule has 0 aliphatic carbocycles. The molecular formula is C18H20N6O3. The van der Waals surface area contributed by atoms with Crippen LogP contribution in [0, 0.1) is 0 Å². The van der Waals surface area contributed by atoms with E-state index >= 15 is 0 Å². The zero-order chi connectivity index (χ0) is 19.0. The molecule has 3 aromatic rings. The standard InChI is InChI=1S/C18H20N6O3/c1-22-7-2-3-14(18(22)27)17(26)20-12-6-8-23(10-12)16-5-4-15-19-9-13(11-25)24(15)21-16/h2-5,7,9,12,25H,6,8,10-11H2,1H3,(H,20,26)/t12-/m0/s1. The summed E-state index contributed by atoms with van der Waals surface area (Å²) in [5.74, 6) is 0.395. The molecule has 1 fully saturated rings. The normalized spacial score (nSPS) is 16.8. The molecule has 0 aromatic carbocycles. The first-order chi connectivity index (χ1) is 13.1. The lowest BCUT2D eigenvalue weighted by Crippen LogP contribution is -2.40. The summed E-state index contributed by atoms with van der Waals surface area (Å²) in [5, 5.41) is 16.9. The number of anilines is 1. The van der Waals surface area contributed by atoms with Gasteiger partial charge in [-0.05, 0) is 30.7 Å². The van der Waals surface area contributed by atoms with Crippen molar-refractivity contribution in [3.05, 3.63) is 58.3 Å². The van der Waals surface area contributed by atoms with Crippen molar-refractivity contribution in [1.82, 2.24) is 24.5 Å². The van der Waals surface area contributed by atoms with Crippen LogP contribution in [0.2, 0.25) is 0 Å². The molecule has 1 saturated heterocycles. The lowest BCUT2D eigenvalue weighted by atomic mass is 10.2. The highest BCUT2D eigenvalue weighted by Gasteiger charge is 2.26. The number of imidazole rings is 1. The predicted molar refractivity (Wildman–Crippen MR) is 98.7 cm³/mol. The van der Waals surface area contributed by atoms with Gasteiger partial charge >= 0.3 is 0 Å². The molecule has 1 amide bonds. The van der Waals surface area contributed by atoms with Gasteiger partial charge in [0.05, 0.1) is 18.5 Å². The van der Waals surface area contributed by atoms with Crippen molar-refractivity contribution in [1.29, 1.82) is 0 Å². The second kappa shape index (κ2) is 6.84. The lowest BCUT2D eigenvalue weighted by Gasteiger charge is -2.18. The number of aryl methyl sites for hydroxylation is 1. The van der Waals surface area contributed by atoms with Crippen LogP contribution in [0.5, 0.6) is 0 Å². The summed E-state index contributed by atoms with van der Waals surface area (Å²) in [6, 6.07) is 6.87. The Hall–Kier alpha value is -3.20. The summed E-state index contributed by atoms with van der Waals surface area (Å²) in [5.41, 5.74) is 1.13. The van der Waals surface area contributed by atoms with Crippen LogP contribution in [-0.4, -0.2) is 49.3 Å². The molecule has 4 heterocycles. The van der Waals surface area contributed by atoms with E-state index in [1.165, 1.54) is 10.6 Å². The third kappa shape index (κ3) is 3.17. The van der Waals surface area contributed by atoms with Gasteiger partial charge in [0.1, 0.15) is 11.4 Å². The highest BCUT2D eigenvalue weighted by Crippen LogP contribution is 2.19. The monoisotopic (exact) mass is 368 g/mol. The van der Waals surface area contributed by atoms with Gasteiger partial charge in [0, 0.05) is 32.4 Å². The summed E-state index contributed by atoms with van der Waals surface area (Å²) < 4.78 is 3.01. The number of aliphatic hydroxyl groups excluding tert-OH is 1. The van der Waals surface area contributed by atoms with E-state index in [1.54, 1.807) is 30.0 Å². The van der Waals surface area contributed by atoms with E-state index < -0.39 is 0 Å². The Morgan fingerprint density at radius 2 is 2.22 bits per heavy atom. The number of carbonyl (C=O) groups is 1. The van der Waals surface area contributed by atoms with Crippen molar-refractivity contribution < 1.29 is 9.90 Å². The second-order valence-corrected chi connectivity index (χ2v) is 6.61. The Kier molecular flexibility index (Phi) is 4.36. The van der Waals surface area contributed by atoms with Crippen LogP contribution in [0.25, 0.3) is 5.65 Å². The van der Waals surface area contributed by atoms with Crippen LogP contribution in [0.3, 0.4) is 0 Å². The van der Waals surface area contributed by atoms with Crippen molar-refractivity contribution in [2.24, 2.45) is 7.05 Å². The van der Waals surface area contributed by atoms with E-state index in [9.17, 15) is 14.7 Å². The van der Waals surface area contributed by atoms with Crippen LogP contribution in [-0.2, 0) is 13.7 Å². The smallest absolute Gasteiger partial charge is 0.263 e. The fourth-order valence-corrected chi connectivity index (χ4v) is 3.31. The number of nitrogens with zero attached hydrogens (tertiary/aromatic N) is 5. The van der Waals surface area contributed by atoms with Gasteiger partial charge in [0.2, 0.25) is 0 Å². The summed E-state index contributed by atoms with van der Waals surface area (Å²) >= 11 is 0. The van der Waals surface area contributed by atoms with Crippen LogP contribution in [0.1, 0.15) is 22.5 Å². The van der Waals surface area contributed by atoms with Crippen molar-refractivity contribution in [3.63, 3.8) is 0 Å². The summed E-state index contributed by atoms with van der Waals surface area (Å²) in [7, 11) is 1.62.